The quantitative estimate of drug-likeness (QED) is 0.683. The average molecular weight is 316 g/mol. The first-order chi connectivity index (χ1) is 9.15. The standard InChI is InChI=1S/C14H10BrN3O/c1-18-7-6-12(17-18)14(19)13-10(15)8-9-4-2-3-5-11(9)16-13/h2-8H,1H3. The van der Waals surface area contributed by atoms with Crippen LogP contribution in [0.2, 0.25) is 0 Å². The highest BCUT2D eigenvalue weighted by molar-refractivity contribution is 9.10. The number of pyridine rings is 1. The third-order valence-corrected chi connectivity index (χ3v) is 3.44. The second-order valence-electron chi connectivity index (χ2n) is 4.22. The van der Waals surface area contributed by atoms with E-state index in [1.54, 1.807) is 24.0 Å². The zero-order valence-electron chi connectivity index (χ0n) is 10.2. The van der Waals surface area contributed by atoms with Crippen molar-refractivity contribution in [2.75, 3.05) is 0 Å². The molecule has 0 N–H and O–H groups in total. The number of fused-ring (bicyclic) bond motifs is 1. The minimum Gasteiger partial charge on any atom is -0.285 e. The Hall–Kier alpha value is -2.01. The van der Waals surface area contributed by atoms with E-state index in [9.17, 15) is 4.79 Å². The molecule has 3 aromatic rings. The molecule has 2 heterocycles. The van der Waals surface area contributed by atoms with Crippen LogP contribution >= 0.6 is 15.9 Å². The van der Waals surface area contributed by atoms with Gasteiger partial charge in [0.15, 0.2) is 0 Å². The Kier molecular flexibility index (Phi) is 2.91. The second kappa shape index (κ2) is 4.59. The first kappa shape index (κ1) is 12.0. The van der Waals surface area contributed by atoms with Crippen molar-refractivity contribution in [1.82, 2.24) is 14.8 Å². The molecule has 0 atom stereocenters. The lowest BCUT2D eigenvalue weighted by atomic mass is 10.1. The molecule has 19 heavy (non-hydrogen) atoms. The number of benzene rings is 1. The van der Waals surface area contributed by atoms with Gasteiger partial charge in [0.25, 0.3) is 0 Å². The number of rotatable bonds is 2. The van der Waals surface area contributed by atoms with Gasteiger partial charge in [0.1, 0.15) is 11.4 Å². The van der Waals surface area contributed by atoms with Crippen LogP contribution in [0.3, 0.4) is 0 Å². The van der Waals surface area contributed by atoms with Crippen LogP contribution in [0.4, 0.5) is 0 Å². The molecule has 0 aliphatic heterocycles. The summed E-state index contributed by atoms with van der Waals surface area (Å²) in [6.07, 6.45) is 1.74. The van der Waals surface area contributed by atoms with Gasteiger partial charge in [-0.1, -0.05) is 18.2 Å². The van der Waals surface area contributed by atoms with Crippen molar-refractivity contribution >= 4 is 32.6 Å². The molecule has 0 unspecified atom stereocenters. The van der Waals surface area contributed by atoms with Gasteiger partial charge >= 0.3 is 0 Å². The molecular weight excluding hydrogens is 306 g/mol. The highest BCUT2D eigenvalue weighted by atomic mass is 79.9. The highest BCUT2D eigenvalue weighted by Gasteiger charge is 2.17. The van der Waals surface area contributed by atoms with Crippen LogP contribution in [0.1, 0.15) is 16.2 Å². The van der Waals surface area contributed by atoms with Gasteiger partial charge in [-0.3, -0.25) is 9.48 Å². The molecule has 0 amide bonds. The predicted octanol–water partition coefficient (Wildman–Crippen LogP) is 2.96. The van der Waals surface area contributed by atoms with E-state index in [4.69, 9.17) is 0 Å². The van der Waals surface area contributed by atoms with Crippen molar-refractivity contribution < 1.29 is 4.79 Å². The Bertz CT molecular complexity index is 779. The average Bonchev–Trinajstić information content (AvgIpc) is 2.84. The van der Waals surface area contributed by atoms with Crippen molar-refractivity contribution in [3.63, 3.8) is 0 Å². The summed E-state index contributed by atoms with van der Waals surface area (Å²) in [4.78, 5) is 16.8. The summed E-state index contributed by atoms with van der Waals surface area (Å²) >= 11 is 3.40. The maximum Gasteiger partial charge on any atom is 0.232 e. The molecule has 0 bridgehead atoms. The van der Waals surface area contributed by atoms with E-state index < -0.39 is 0 Å². The Morgan fingerprint density at radius 3 is 2.79 bits per heavy atom. The normalized spacial score (nSPS) is 10.8. The van der Waals surface area contributed by atoms with Crippen molar-refractivity contribution in [3.05, 3.63) is 58.5 Å². The number of hydrogen-bond acceptors (Lipinski definition) is 3. The molecule has 0 radical (unpaired) electrons. The van der Waals surface area contributed by atoms with E-state index >= 15 is 0 Å². The second-order valence-corrected chi connectivity index (χ2v) is 5.07. The minimum atomic E-state index is -0.182. The van der Waals surface area contributed by atoms with Crippen LogP contribution in [0, 0.1) is 0 Å². The topological polar surface area (TPSA) is 47.8 Å². The number of hydrogen-bond donors (Lipinski definition) is 0. The number of carbonyl (C=O) groups excluding carboxylic acids is 1. The lowest BCUT2D eigenvalue weighted by Gasteiger charge is -2.03. The SMILES string of the molecule is Cn1ccc(C(=O)c2nc3ccccc3cc2Br)n1. The lowest BCUT2D eigenvalue weighted by Crippen LogP contribution is -2.07. The first-order valence-electron chi connectivity index (χ1n) is 5.75. The number of carbonyl (C=O) groups is 1. The summed E-state index contributed by atoms with van der Waals surface area (Å²) in [7, 11) is 1.78. The molecular formula is C14H10BrN3O. The first-order valence-corrected chi connectivity index (χ1v) is 6.54. The fraction of sp³-hybridized carbons (Fsp3) is 0.0714. The Morgan fingerprint density at radius 2 is 2.05 bits per heavy atom. The third kappa shape index (κ3) is 2.17. The van der Waals surface area contributed by atoms with Gasteiger partial charge in [0.2, 0.25) is 5.78 Å². The highest BCUT2D eigenvalue weighted by Crippen LogP contribution is 2.23. The van der Waals surface area contributed by atoms with E-state index in [0.717, 1.165) is 10.9 Å². The lowest BCUT2D eigenvalue weighted by molar-refractivity contribution is 0.102. The summed E-state index contributed by atoms with van der Waals surface area (Å²) in [5, 5.41) is 5.11. The fourth-order valence-electron chi connectivity index (χ4n) is 1.91. The van der Waals surface area contributed by atoms with Gasteiger partial charge in [0, 0.05) is 23.1 Å². The third-order valence-electron chi connectivity index (χ3n) is 2.84. The number of aryl methyl sites for hydroxylation is 1. The Balaban J connectivity index is 2.14. The molecule has 94 valence electrons. The van der Waals surface area contributed by atoms with E-state index in [1.165, 1.54) is 0 Å². The number of ketones is 1. The number of aromatic nitrogens is 3. The molecule has 4 nitrogen and oxygen atoms in total. The van der Waals surface area contributed by atoms with E-state index in [2.05, 4.69) is 26.0 Å². The molecule has 0 saturated carbocycles. The fourth-order valence-corrected chi connectivity index (χ4v) is 2.42. The molecule has 3 rings (SSSR count). The van der Waals surface area contributed by atoms with Crippen LogP contribution < -0.4 is 0 Å². The summed E-state index contributed by atoms with van der Waals surface area (Å²) in [5.74, 6) is -0.182. The molecule has 0 aliphatic carbocycles. The van der Waals surface area contributed by atoms with Gasteiger partial charge in [-0.25, -0.2) is 4.98 Å². The van der Waals surface area contributed by atoms with Crippen LogP contribution in [0.5, 0.6) is 0 Å². The zero-order valence-corrected chi connectivity index (χ0v) is 11.8. The monoisotopic (exact) mass is 315 g/mol. The van der Waals surface area contributed by atoms with Gasteiger partial charge in [-0.05, 0) is 34.1 Å². The number of nitrogens with zero attached hydrogens (tertiary/aromatic N) is 3. The largest absolute Gasteiger partial charge is 0.285 e. The van der Waals surface area contributed by atoms with Gasteiger partial charge in [0.05, 0.1) is 5.52 Å². The molecule has 0 spiro atoms. The smallest absolute Gasteiger partial charge is 0.232 e. The predicted molar refractivity (Wildman–Crippen MR) is 76.1 cm³/mol. The van der Waals surface area contributed by atoms with Crippen molar-refractivity contribution in [3.8, 4) is 0 Å². The Morgan fingerprint density at radius 1 is 1.26 bits per heavy atom. The molecule has 5 heteroatoms. The summed E-state index contributed by atoms with van der Waals surface area (Å²) in [6.45, 7) is 0. The van der Waals surface area contributed by atoms with E-state index in [0.29, 0.717) is 15.9 Å². The van der Waals surface area contributed by atoms with Gasteiger partial charge < -0.3 is 0 Å². The maximum atomic E-state index is 12.4. The van der Waals surface area contributed by atoms with Gasteiger partial charge in [-0.2, -0.15) is 5.10 Å². The van der Waals surface area contributed by atoms with E-state index in [-0.39, 0.29) is 5.78 Å². The van der Waals surface area contributed by atoms with Crippen molar-refractivity contribution in [1.29, 1.82) is 0 Å². The summed E-state index contributed by atoms with van der Waals surface area (Å²) in [5.41, 5.74) is 1.58. The van der Waals surface area contributed by atoms with Crippen molar-refractivity contribution in [2.45, 2.75) is 0 Å². The molecule has 0 aliphatic rings. The number of halogens is 1. The molecule has 1 aromatic carbocycles. The Labute approximate surface area is 118 Å². The van der Waals surface area contributed by atoms with Crippen molar-refractivity contribution in [2.24, 2.45) is 7.05 Å². The van der Waals surface area contributed by atoms with Crippen LogP contribution in [0.25, 0.3) is 10.9 Å². The zero-order chi connectivity index (χ0) is 13.4. The molecule has 0 fully saturated rings. The summed E-state index contributed by atoms with van der Waals surface area (Å²) in [6, 6.07) is 11.3. The molecule has 0 saturated heterocycles. The summed E-state index contributed by atoms with van der Waals surface area (Å²) < 4.78 is 2.28. The maximum absolute atomic E-state index is 12.4. The van der Waals surface area contributed by atoms with Crippen LogP contribution in [-0.4, -0.2) is 20.5 Å². The van der Waals surface area contributed by atoms with E-state index in [1.807, 2.05) is 30.3 Å². The van der Waals surface area contributed by atoms with Gasteiger partial charge in [-0.15, -0.1) is 0 Å². The van der Waals surface area contributed by atoms with Crippen LogP contribution in [-0.2, 0) is 7.05 Å². The molecule has 2 aromatic heterocycles. The van der Waals surface area contributed by atoms with Crippen LogP contribution in [0.15, 0.2) is 47.1 Å². The number of para-hydroxylation sites is 1. The minimum absolute atomic E-state index is 0.182.